The molecule has 0 aliphatic carbocycles. The lowest BCUT2D eigenvalue weighted by Gasteiger charge is -2.11. The Morgan fingerprint density at radius 2 is 0.800 bits per heavy atom. The Bertz CT molecular complexity index is 3660. The molecule has 0 fully saturated rings. The molecule has 0 aliphatic heterocycles. The first-order chi connectivity index (χ1) is 29.7. The second kappa shape index (κ2) is 13.7. The van der Waals surface area contributed by atoms with Gasteiger partial charge < -0.3 is 0 Å². The van der Waals surface area contributed by atoms with Crippen molar-refractivity contribution in [1.29, 1.82) is 0 Å². The van der Waals surface area contributed by atoms with E-state index in [1.54, 1.807) is 0 Å². The van der Waals surface area contributed by atoms with Crippen molar-refractivity contribution in [2.75, 3.05) is 0 Å². The van der Waals surface area contributed by atoms with E-state index in [9.17, 15) is 0 Å². The number of nitrogens with zero attached hydrogens (tertiary/aromatic N) is 6. The van der Waals surface area contributed by atoms with Gasteiger partial charge in [-0.15, -0.1) is 0 Å². The minimum atomic E-state index is 0.884. The molecule has 278 valence electrons. The van der Waals surface area contributed by atoms with Gasteiger partial charge in [-0.25, -0.2) is 19.9 Å². The summed E-state index contributed by atoms with van der Waals surface area (Å²) in [5.41, 5.74) is 15.6. The SMILES string of the molecule is c1ccc(-c2ccc3ccc4ccc(-c5ccc(-c6ccc7cc(-c8ccc9ccc(-c%10cc%11cccnc%11c%11ncccc%10%11)nc9c8)ccc7n6)cc5)nc4c3n2)cc1. The Morgan fingerprint density at radius 1 is 0.267 bits per heavy atom. The largest absolute Gasteiger partial charge is 0.254 e. The van der Waals surface area contributed by atoms with E-state index in [-0.39, 0.29) is 0 Å². The predicted molar refractivity (Wildman–Crippen MR) is 245 cm³/mol. The summed E-state index contributed by atoms with van der Waals surface area (Å²) in [5.74, 6) is 0. The first-order valence-corrected chi connectivity index (χ1v) is 20.0. The van der Waals surface area contributed by atoms with Crippen molar-refractivity contribution in [3.05, 3.63) is 194 Å². The summed E-state index contributed by atoms with van der Waals surface area (Å²) in [6.07, 6.45) is 3.64. The van der Waals surface area contributed by atoms with E-state index >= 15 is 0 Å². The van der Waals surface area contributed by atoms with Crippen molar-refractivity contribution in [2.45, 2.75) is 0 Å². The summed E-state index contributed by atoms with van der Waals surface area (Å²) in [7, 11) is 0. The predicted octanol–water partition coefficient (Wildman–Crippen LogP) is 13.3. The molecule has 0 amide bonds. The molecule has 12 rings (SSSR count). The lowest BCUT2D eigenvalue weighted by molar-refractivity contribution is 1.36. The maximum Gasteiger partial charge on any atom is 0.0972 e. The van der Waals surface area contributed by atoms with Crippen molar-refractivity contribution >= 4 is 65.4 Å². The van der Waals surface area contributed by atoms with Gasteiger partial charge in [0, 0.05) is 67.0 Å². The van der Waals surface area contributed by atoms with E-state index in [4.69, 9.17) is 24.9 Å². The third-order valence-corrected chi connectivity index (χ3v) is 11.5. The molecule has 0 spiro atoms. The molecule has 0 saturated carbocycles. The maximum atomic E-state index is 5.19. The average Bonchev–Trinajstić information content (AvgIpc) is 3.33. The molecule has 0 atom stereocenters. The van der Waals surface area contributed by atoms with E-state index in [0.717, 1.165) is 122 Å². The van der Waals surface area contributed by atoms with Crippen molar-refractivity contribution in [2.24, 2.45) is 0 Å². The molecule has 6 aromatic heterocycles. The third kappa shape index (κ3) is 5.81. The van der Waals surface area contributed by atoms with E-state index in [2.05, 4.69) is 157 Å². The Balaban J connectivity index is 0.838. The number of rotatable bonds is 5. The third-order valence-electron chi connectivity index (χ3n) is 11.5. The standard InChI is InChI=1S/C54H32N6/c1-2-6-33(7-3-1)46-23-19-37-15-16-38-20-24-47(60-53(38)52(37)59-46)35-12-10-34(11-13-35)45-26-22-41-30-39(21-25-48(41)57-45)40-17-14-36-18-27-49(58-50(36)32-40)44-31-42-8-4-28-55-51(42)54-43(44)9-5-29-56-54/h1-32H. The molecule has 0 saturated heterocycles. The Morgan fingerprint density at radius 3 is 1.55 bits per heavy atom. The highest BCUT2D eigenvalue weighted by molar-refractivity contribution is 6.10. The Hall–Kier alpha value is -8.22. The number of fused-ring (bicyclic) bond motifs is 8. The van der Waals surface area contributed by atoms with Crippen LogP contribution >= 0.6 is 0 Å². The molecule has 6 heterocycles. The van der Waals surface area contributed by atoms with Crippen LogP contribution in [-0.2, 0) is 0 Å². The van der Waals surface area contributed by atoms with E-state index < -0.39 is 0 Å². The molecule has 6 aromatic carbocycles. The first-order valence-electron chi connectivity index (χ1n) is 20.0. The van der Waals surface area contributed by atoms with Gasteiger partial charge in [-0.3, -0.25) is 9.97 Å². The molecule has 0 radical (unpaired) electrons. The highest BCUT2D eigenvalue weighted by Gasteiger charge is 2.14. The van der Waals surface area contributed by atoms with Crippen LogP contribution in [-0.4, -0.2) is 29.9 Å². The second-order valence-corrected chi connectivity index (χ2v) is 15.2. The number of hydrogen-bond acceptors (Lipinski definition) is 6. The topological polar surface area (TPSA) is 77.3 Å². The van der Waals surface area contributed by atoms with Crippen LogP contribution in [0.1, 0.15) is 0 Å². The summed E-state index contributed by atoms with van der Waals surface area (Å²) >= 11 is 0. The summed E-state index contributed by atoms with van der Waals surface area (Å²) in [4.78, 5) is 29.8. The highest BCUT2D eigenvalue weighted by Crippen LogP contribution is 2.35. The quantitative estimate of drug-likeness (QED) is 0.162. The van der Waals surface area contributed by atoms with Gasteiger partial charge in [0.25, 0.3) is 0 Å². The fourth-order valence-electron chi connectivity index (χ4n) is 8.41. The minimum absolute atomic E-state index is 0.884. The van der Waals surface area contributed by atoms with Crippen LogP contribution in [0, 0.1) is 0 Å². The molecular formula is C54H32N6. The zero-order valence-electron chi connectivity index (χ0n) is 32.2. The van der Waals surface area contributed by atoms with Crippen LogP contribution in [0.15, 0.2) is 194 Å². The molecule has 6 heteroatoms. The van der Waals surface area contributed by atoms with Gasteiger partial charge in [0.15, 0.2) is 0 Å². The van der Waals surface area contributed by atoms with Gasteiger partial charge in [0.2, 0.25) is 0 Å². The van der Waals surface area contributed by atoms with Gasteiger partial charge in [-0.05, 0) is 71.8 Å². The lowest BCUT2D eigenvalue weighted by Crippen LogP contribution is -1.91. The zero-order valence-corrected chi connectivity index (χ0v) is 32.2. The highest BCUT2D eigenvalue weighted by atomic mass is 14.8. The minimum Gasteiger partial charge on any atom is -0.254 e. The number of hydrogen-bond donors (Lipinski definition) is 0. The first kappa shape index (κ1) is 33.9. The normalized spacial score (nSPS) is 11.7. The molecule has 0 unspecified atom stereocenters. The molecule has 0 bridgehead atoms. The molecular weight excluding hydrogens is 733 g/mol. The maximum absolute atomic E-state index is 5.19. The fourth-order valence-corrected chi connectivity index (χ4v) is 8.41. The van der Waals surface area contributed by atoms with Crippen LogP contribution < -0.4 is 0 Å². The summed E-state index contributed by atoms with van der Waals surface area (Å²) in [6, 6.07) is 63.2. The number of aromatic nitrogens is 6. The van der Waals surface area contributed by atoms with Crippen LogP contribution in [0.25, 0.3) is 122 Å². The Labute approximate surface area is 344 Å². The summed E-state index contributed by atoms with van der Waals surface area (Å²) < 4.78 is 0. The molecule has 6 nitrogen and oxygen atoms in total. The summed E-state index contributed by atoms with van der Waals surface area (Å²) in [6.45, 7) is 0. The van der Waals surface area contributed by atoms with E-state index in [1.165, 1.54) is 0 Å². The van der Waals surface area contributed by atoms with E-state index in [0.29, 0.717) is 0 Å². The average molecular weight is 765 g/mol. The van der Waals surface area contributed by atoms with Crippen LogP contribution in [0.4, 0.5) is 0 Å². The van der Waals surface area contributed by atoms with Gasteiger partial charge in [-0.2, -0.15) is 0 Å². The van der Waals surface area contributed by atoms with Crippen molar-refractivity contribution in [1.82, 2.24) is 29.9 Å². The van der Waals surface area contributed by atoms with Gasteiger partial charge in [0.1, 0.15) is 0 Å². The van der Waals surface area contributed by atoms with Crippen molar-refractivity contribution < 1.29 is 0 Å². The number of benzene rings is 6. The van der Waals surface area contributed by atoms with Gasteiger partial charge in [-0.1, -0.05) is 121 Å². The molecule has 12 aromatic rings. The summed E-state index contributed by atoms with van der Waals surface area (Å²) in [5, 5.41) is 6.39. The molecule has 60 heavy (non-hydrogen) atoms. The Kier molecular flexibility index (Phi) is 7.74. The van der Waals surface area contributed by atoms with Crippen LogP contribution in [0.3, 0.4) is 0 Å². The molecule has 0 aliphatic rings. The molecule has 0 N–H and O–H groups in total. The second-order valence-electron chi connectivity index (χ2n) is 15.2. The van der Waals surface area contributed by atoms with E-state index in [1.807, 2.05) is 42.7 Å². The fraction of sp³-hybridized carbons (Fsp3) is 0. The number of pyridine rings is 6. The smallest absolute Gasteiger partial charge is 0.0972 e. The van der Waals surface area contributed by atoms with Crippen LogP contribution in [0.2, 0.25) is 0 Å². The monoisotopic (exact) mass is 764 g/mol. The van der Waals surface area contributed by atoms with Crippen LogP contribution in [0.5, 0.6) is 0 Å². The van der Waals surface area contributed by atoms with Crippen molar-refractivity contribution in [3.8, 4) is 56.2 Å². The van der Waals surface area contributed by atoms with Gasteiger partial charge in [0.05, 0.1) is 55.9 Å². The lowest BCUT2D eigenvalue weighted by atomic mass is 9.99. The van der Waals surface area contributed by atoms with Crippen molar-refractivity contribution in [3.63, 3.8) is 0 Å². The van der Waals surface area contributed by atoms with Gasteiger partial charge >= 0.3 is 0 Å². The zero-order chi connectivity index (χ0) is 39.6.